The number of nitrogens with zero attached hydrogens (tertiary/aromatic N) is 1. The van der Waals surface area contributed by atoms with Crippen molar-refractivity contribution in [2.75, 3.05) is 5.73 Å². The van der Waals surface area contributed by atoms with Crippen LogP contribution in [-0.2, 0) is 0 Å². The number of aromatic nitrogens is 1. The van der Waals surface area contributed by atoms with Gasteiger partial charge in [-0.1, -0.05) is 36.0 Å². The molecule has 3 rings (SSSR count). The summed E-state index contributed by atoms with van der Waals surface area (Å²) in [6.45, 7) is 2.08. The second-order valence-corrected chi connectivity index (χ2v) is 6.33. The Morgan fingerprint density at radius 1 is 1.11 bits per heavy atom. The minimum absolute atomic E-state index is 0.819. The molecule has 1 aromatic heterocycles. The summed E-state index contributed by atoms with van der Waals surface area (Å²) in [5.41, 5.74) is 9.08. The number of aryl methyl sites for hydroxylation is 1. The van der Waals surface area contributed by atoms with Gasteiger partial charge in [0.25, 0.3) is 0 Å². The van der Waals surface area contributed by atoms with Crippen molar-refractivity contribution in [3.8, 4) is 0 Å². The largest absolute Gasteiger partial charge is 0.398 e. The zero-order chi connectivity index (χ0) is 12.5. The van der Waals surface area contributed by atoms with Gasteiger partial charge < -0.3 is 5.73 Å². The summed E-state index contributed by atoms with van der Waals surface area (Å²) in [6.07, 6.45) is 0. The fourth-order valence-electron chi connectivity index (χ4n) is 1.80. The van der Waals surface area contributed by atoms with Gasteiger partial charge in [0.2, 0.25) is 0 Å². The lowest BCUT2D eigenvalue weighted by Crippen LogP contribution is -1.90. The normalized spacial score (nSPS) is 10.9. The minimum Gasteiger partial charge on any atom is -0.398 e. The van der Waals surface area contributed by atoms with E-state index in [2.05, 4.69) is 24.0 Å². The average molecular weight is 272 g/mol. The maximum absolute atomic E-state index is 6.02. The first-order valence-corrected chi connectivity index (χ1v) is 7.26. The zero-order valence-corrected chi connectivity index (χ0v) is 11.5. The number of rotatable bonds is 2. The minimum atomic E-state index is 0.819. The molecule has 0 fully saturated rings. The van der Waals surface area contributed by atoms with Gasteiger partial charge in [-0.25, -0.2) is 4.98 Å². The Hall–Kier alpha value is -1.52. The van der Waals surface area contributed by atoms with Crippen molar-refractivity contribution in [3.05, 3.63) is 48.0 Å². The number of anilines is 1. The molecule has 0 bridgehead atoms. The smallest absolute Gasteiger partial charge is 0.155 e. The van der Waals surface area contributed by atoms with Crippen molar-refractivity contribution in [1.82, 2.24) is 4.98 Å². The lowest BCUT2D eigenvalue weighted by atomic mass is 10.2. The summed E-state index contributed by atoms with van der Waals surface area (Å²) in [4.78, 5) is 5.72. The number of hydrogen-bond donors (Lipinski definition) is 1. The van der Waals surface area contributed by atoms with Crippen LogP contribution >= 0.6 is 23.1 Å². The Balaban J connectivity index is 2.01. The third kappa shape index (κ3) is 2.09. The van der Waals surface area contributed by atoms with Crippen LogP contribution in [0.15, 0.2) is 51.7 Å². The van der Waals surface area contributed by atoms with Gasteiger partial charge in [0.05, 0.1) is 10.2 Å². The third-order valence-electron chi connectivity index (χ3n) is 2.71. The number of nitrogens with two attached hydrogens (primary N) is 1. The van der Waals surface area contributed by atoms with Crippen LogP contribution in [-0.4, -0.2) is 4.98 Å². The molecule has 4 heteroatoms. The number of fused-ring (bicyclic) bond motifs is 1. The van der Waals surface area contributed by atoms with Gasteiger partial charge in [0.1, 0.15) is 0 Å². The molecule has 0 saturated carbocycles. The average Bonchev–Trinajstić information content (AvgIpc) is 2.76. The molecule has 90 valence electrons. The van der Waals surface area contributed by atoms with Crippen LogP contribution in [0.2, 0.25) is 0 Å². The SMILES string of the molecule is Cc1cccc(N)c1Sc1nc2ccccc2s1. The summed E-state index contributed by atoms with van der Waals surface area (Å²) in [5, 5.41) is 0. The first-order chi connectivity index (χ1) is 8.74. The van der Waals surface area contributed by atoms with E-state index in [9.17, 15) is 0 Å². The van der Waals surface area contributed by atoms with Gasteiger partial charge in [-0.2, -0.15) is 0 Å². The van der Waals surface area contributed by atoms with E-state index in [1.54, 1.807) is 23.1 Å². The fourth-order valence-corrected chi connectivity index (χ4v) is 3.91. The predicted molar refractivity (Wildman–Crippen MR) is 79.3 cm³/mol. The van der Waals surface area contributed by atoms with Crippen LogP contribution in [0.1, 0.15) is 5.56 Å². The number of hydrogen-bond acceptors (Lipinski definition) is 4. The van der Waals surface area contributed by atoms with Gasteiger partial charge in [-0.15, -0.1) is 11.3 Å². The van der Waals surface area contributed by atoms with Crippen molar-refractivity contribution in [3.63, 3.8) is 0 Å². The molecule has 0 unspecified atom stereocenters. The van der Waals surface area contributed by atoms with E-state index in [1.807, 2.05) is 30.3 Å². The molecule has 1 heterocycles. The van der Waals surface area contributed by atoms with Crippen LogP contribution < -0.4 is 5.73 Å². The van der Waals surface area contributed by atoms with E-state index in [1.165, 1.54) is 10.3 Å². The van der Waals surface area contributed by atoms with Crippen LogP contribution in [0.25, 0.3) is 10.2 Å². The first-order valence-electron chi connectivity index (χ1n) is 5.62. The van der Waals surface area contributed by atoms with Crippen LogP contribution in [0.5, 0.6) is 0 Å². The molecule has 0 aliphatic carbocycles. The quantitative estimate of drug-likeness (QED) is 0.705. The highest BCUT2D eigenvalue weighted by molar-refractivity contribution is 8.01. The van der Waals surface area contributed by atoms with Crippen molar-refractivity contribution in [2.45, 2.75) is 16.2 Å². The first kappa shape index (κ1) is 11.6. The molecule has 2 N–H and O–H groups in total. The van der Waals surface area contributed by atoms with E-state index in [-0.39, 0.29) is 0 Å². The molecule has 3 aromatic rings. The van der Waals surface area contributed by atoms with Gasteiger partial charge in [-0.05, 0) is 30.7 Å². The molecular formula is C14H12N2S2. The monoisotopic (exact) mass is 272 g/mol. The van der Waals surface area contributed by atoms with E-state index < -0.39 is 0 Å². The molecule has 2 nitrogen and oxygen atoms in total. The molecule has 0 aliphatic heterocycles. The summed E-state index contributed by atoms with van der Waals surface area (Å²) >= 11 is 3.35. The second kappa shape index (κ2) is 4.63. The Bertz CT molecular complexity index is 651. The number of nitrogen functional groups attached to an aromatic ring is 1. The maximum atomic E-state index is 6.02. The molecule has 0 aliphatic rings. The standard InChI is InChI=1S/C14H12N2S2/c1-9-5-4-6-10(15)13(9)18-14-16-11-7-2-3-8-12(11)17-14/h2-8H,15H2,1H3. The maximum Gasteiger partial charge on any atom is 0.155 e. The van der Waals surface area contributed by atoms with Crippen LogP contribution in [0, 0.1) is 6.92 Å². The fraction of sp³-hybridized carbons (Fsp3) is 0.0714. The van der Waals surface area contributed by atoms with Crippen molar-refractivity contribution in [1.29, 1.82) is 0 Å². The molecule has 0 radical (unpaired) electrons. The summed E-state index contributed by atoms with van der Waals surface area (Å²) in [6, 6.07) is 14.2. The van der Waals surface area contributed by atoms with E-state index in [0.29, 0.717) is 0 Å². The lowest BCUT2D eigenvalue weighted by molar-refractivity contribution is 1.26. The van der Waals surface area contributed by atoms with Crippen molar-refractivity contribution >= 4 is 39.0 Å². The number of benzene rings is 2. The summed E-state index contributed by atoms with van der Waals surface area (Å²) < 4.78 is 2.25. The molecule has 18 heavy (non-hydrogen) atoms. The Kier molecular flexibility index (Phi) is 2.97. The van der Waals surface area contributed by atoms with Gasteiger partial charge in [-0.3, -0.25) is 0 Å². The molecule has 0 saturated heterocycles. The van der Waals surface area contributed by atoms with Crippen LogP contribution in [0.4, 0.5) is 5.69 Å². The zero-order valence-electron chi connectivity index (χ0n) is 9.88. The highest BCUT2D eigenvalue weighted by Gasteiger charge is 2.09. The molecule has 0 spiro atoms. The third-order valence-corrected chi connectivity index (χ3v) is 5.06. The summed E-state index contributed by atoms with van der Waals surface area (Å²) in [5.74, 6) is 0. The topological polar surface area (TPSA) is 38.9 Å². The van der Waals surface area contributed by atoms with Gasteiger partial charge in [0, 0.05) is 10.6 Å². The Labute approximate surface area is 114 Å². The van der Waals surface area contributed by atoms with Crippen LogP contribution in [0.3, 0.4) is 0 Å². The van der Waals surface area contributed by atoms with E-state index >= 15 is 0 Å². The molecule has 0 atom stereocenters. The van der Waals surface area contributed by atoms with Gasteiger partial charge >= 0.3 is 0 Å². The molecular weight excluding hydrogens is 260 g/mol. The predicted octanol–water partition coefficient (Wildman–Crippen LogP) is 4.34. The molecule has 2 aromatic carbocycles. The van der Waals surface area contributed by atoms with E-state index in [4.69, 9.17) is 5.73 Å². The Morgan fingerprint density at radius 2 is 1.94 bits per heavy atom. The lowest BCUT2D eigenvalue weighted by Gasteiger charge is -2.05. The number of para-hydroxylation sites is 1. The highest BCUT2D eigenvalue weighted by Crippen LogP contribution is 2.38. The second-order valence-electron chi connectivity index (χ2n) is 4.04. The molecule has 0 amide bonds. The van der Waals surface area contributed by atoms with Gasteiger partial charge in [0.15, 0.2) is 4.34 Å². The van der Waals surface area contributed by atoms with Crippen molar-refractivity contribution in [2.24, 2.45) is 0 Å². The Morgan fingerprint density at radius 3 is 2.72 bits per heavy atom. The number of thiazole rings is 1. The summed E-state index contributed by atoms with van der Waals surface area (Å²) in [7, 11) is 0. The van der Waals surface area contributed by atoms with Crippen molar-refractivity contribution < 1.29 is 0 Å². The van der Waals surface area contributed by atoms with E-state index in [0.717, 1.165) is 20.4 Å². The highest BCUT2D eigenvalue weighted by atomic mass is 32.2.